The van der Waals surface area contributed by atoms with Gasteiger partial charge in [0.25, 0.3) is 0 Å². The maximum atomic E-state index is 12.7. The summed E-state index contributed by atoms with van der Waals surface area (Å²) in [7, 11) is 0. The third-order valence-electron chi connectivity index (χ3n) is 2.56. The Balaban J connectivity index is 2.25. The Kier molecular flexibility index (Phi) is 3.49. The number of ether oxygens (including phenoxy) is 1. The minimum Gasteiger partial charge on any atom is -0.488 e. The van der Waals surface area contributed by atoms with Crippen molar-refractivity contribution in [1.29, 1.82) is 0 Å². The lowest BCUT2D eigenvalue weighted by Crippen LogP contribution is -2.21. The average Bonchev–Trinajstić information content (AvgIpc) is 2.72. The van der Waals surface area contributed by atoms with Gasteiger partial charge in [0.15, 0.2) is 0 Å². The van der Waals surface area contributed by atoms with E-state index in [4.69, 9.17) is 16.3 Å². The molecular formula is C11H11ClF3NO. The van der Waals surface area contributed by atoms with Crippen LogP contribution >= 0.6 is 11.6 Å². The Labute approximate surface area is 102 Å². The van der Waals surface area contributed by atoms with Crippen LogP contribution < -0.4 is 10.1 Å². The van der Waals surface area contributed by atoms with E-state index >= 15 is 0 Å². The standard InChI is InChI=1S/C11H11ClF3NO/c12-7-1-2-10(9(5-7)11(13,14)15)17-8-3-4-16-6-8/h1-2,5,8,16H,3-4,6H2. The molecule has 0 aliphatic carbocycles. The van der Waals surface area contributed by atoms with E-state index in [0.717, 1.165) is 12.6 Å². The van der Waals surface area contributed by atoms with Crippen molar-refractivity contribution in [2.24, 2.45) is 0 Å². The first-order chi connectivity index (χ1) is 7.97. The number of hydrogen-bond donors (Lipinski definition) is 1. The van der Waals surface area contributed by atoms with E-state index in [2.05, 4.69) is 5.32 Å². The normalized spacial score (nSPS) is 20.6. The summed E-state index contributed by atoms with van der Waals surface area (Å²) in [5.74, 6) is -0.157. The van der Waals surface area contributed by atoms with Crippen LogP contribution in [-0.4, -0.2) is 19.2 Å². The van der Waals surface area contributed by atoms with E-state index in [0.29, 0.717) is 13.0 Å². The van der Waals surface area contributed by atoms with Crippen LogP contribution in [0.4, 0.5) is 13.2 Å². The number of alkyl halides is 3. The SMILES string of the molecule is FC(F)(F)c1cc(Cl)ccc1OC1CCNC1. The second-order valence-corrected chi connectivity index (χ2v) is 4.31. The summed E-state index contributed by atoms with van der Waals surface area (Å²) >= 11 is 5.57. The summed E-state index contributed by atoms with van der Waals surface area (Å²) in [6.45, 7) is 1.33. The maximum Gasteiger partial charge on any atom is 0.420 e. The topological polar surface area (TPSA) is 21.3 Å². The highest BCUT2D eigenvalue weighted by atomic mass is 35.5. The first kappa shape index (κ1) is 12.5. The van der Waals surface area contributed by atoms with Crippen molar-refractivity contribution in [3.05, 3.63) is 28.8 Å². The van der Waals surface area contributed by atoms with E-state index in [1.54, 1.807) is 0 Å². The third kappa shape index (κ3) is 3.04. The largest absolute Gasteiger partial charge is 0.488 e. The molecule has 1 saturated heterocycles. The van der Waals surface area contributed by atoms with Crippen molar-refractivity contribution in [3.63, 3.8) is 0 Å². The lowest BCUT2D eigenvalue weighted by molar-refractivity contribution is -0.139. The maximum absolute atomic E-state index is 12.7. The van der Waals surface area contributed by atoms with Crippen molar-refractivity contribution >= 4 is 11.6 Å². The van der Waals surface area contributed by atoms with E-state index < -0.39 is 11.7 Å². The summed E-state index contributed by atoms with van der Waals surface area (Å²) in [5, 5.41) is 3.08. The molecule has 0 spiro atoms. The lowest BCUT2D eigenvalue weighted by atomic mass is 10.2. The molecule has 1 heterocycles. The zero-order chi connectivity index (χ0) is 12.5. The van der Waals surface area contributed by atoms with Gasteiger partial charge >= 0.3 is 6.18 Å². The Morgan fingerprint density at radius 1 is 1.35 bits per heavy atom. The molecule has 0 radical (unpaired) electrons. The Hall–Kier alpha value is -0.940. The third-order valence-corrected chi connectivity index (χ3v) is 2.79. The predicted molar refractivity (Wildman–Crippen MR) is 58.4 cm³/mol. The molecule has 0 saturated carbocycles. The van der Waals surface area contributed by atoms with E-state index in [-0.39, 0.29) is 16.9 Å². The molecule has 1 aromatic rings. The molecule has 0 bridgehead atoms. The summed E-state index contributed by atoms with van der Waals surface area (Å²) < 4.78 is 43.6. The molecule has 1 N–H and O–H groups in total. The highest BCUT2D eigenvalue weighted by Gasteiger charge is 2.35. The van der Waals surface area contributed by atoms with E-state index in [1.807, 2.05) is 0 Å². The quantitative estimate of drug-likeness (QED) is 0.887. The van der Waals surface area contributed by atoms with Crippen LogP contribution in [0.2, 0.25) is 5.02 Å². The first-order valence-corrected chi connectivity index (χ1v) is 5.59. The van der Waals surface area contributed by atoms with Gasteiger partial charge in [-0.15, -0.1) is 0 Å². The molecule has 1 unspecified atom stereocenters. The zero-order valence-electron chi connectivity index (χ0n) is 8.85. The van der Waals surface area contributed by atoms with Gasteiger partial charge in [-0.3, -0.25) is 0 Å². The summed E-state index contributed by atoms with van der Waals surface area (Å²) in [4.78, 5) is 0. The fourth-order valence-electron chi connectivity index (χ4n) is 1.73. The van der Waals surface area contributed by atoms with Crippen molar-refractivity contribution in [3.8, 4) is 5.75 Å². The highest BCUT2D eigenvalue weighted by molar-refractivity contribution is 6.30. The minimum atomic E-state index is -4.45. The monoisotopic (exact) mass is 265 g/mol. The number of rotatable bonds is 2. The van der Waals surface area contributed by atoms with Gasteiger partial charge in [0.2, 0.25) is 0 Å². The van der Waals surface area contributed by atoms with Gasteiger partial charge in [0.05, 0.1) is 5.56 Å². The van der Waals surface area contributed by atoms with Crippen molar-refractivity contribution in [2.45, 2.75) is 18.7 Å². The predicted octanol–water partition coefficient (Wildman–Crippen LogP) is 3.10. The van der Waals surface area contributed by atoms with Crippen LogP contribution in [0, 0.1) is 0 Å². The van der Waals surface area contributed by atoms with E-state index in [1.165, 1.54) is 12.1 Å². The molecule has 1 aliphatic rings. The molecule has 1 aliphatic heterocycles. The molecule has 1 fully saturated rings. The van der Waals surface area contributed by atoms with Gasteiger partial charge in [-0.2, -0.15) is 13.2 Å². The van der Waals surface area contributed by atoms with Gasteiger partial charge < -0.3 is 10.1 Å². The Morgan fingerprint density at radius 3 is 2.71 bits per heavy atom. The summed E-state index contributed by atoms with van der Waals surface area (Å²) in [6.07, 6.45) is -3.95. The number of nitrogens with one attached hydrogen (secondary N) is 1. The van der Waals surface area contributed by atoms with Gasteiger partial charge in [-0.1, -0.05) is 11.6 Å². The average molecular weight is 266 g/mol. The van der Waals surface area contributed by atoms with Crippen LogP contribution in [0.5, 0.6) is 5.75 Å². The van der Waals surface area contributed by atoms with Crippen molar-refractivity contribution in [1.82, 2.24) is 5.32 Å². The second-order valence-electron chi connectivity index (χ2n) is 3.87. The smallest absolute Gasteiger partial charge is 0.420 e. The lowest BCUT2D eigenvalue weighted by Gasteiger charge is -2.17. The Bertz CT molecular complexity index is 402. The van der Waals surface area contributed by atoms with Gasteiger partial charge in [0.1, 0.15) is 11.9 Å². The molecule has 1 atom stereocenters. The zero-order valence-corrected chi connectivity index (χ0v) is 9.61. The molecule has 2 nitrogen and oxygen atoms in total. The van der Waals surface area contributed by atoms with Crippen molar-refractivity contribution < 1.29 is 17.9 Å². The number of halogens is 4. The van der Waals surface area contributed by atoms with Crippen LogP contribution in [0.25, 0.3) is 0 Å². The molecule has 0 aromatic heterocycles. The molecule has 94 valence electrons. The molecule has 17 heavy (non-hydrogen) atoms. The van der Waals surface area contributed by atoms with Gasteiger partial charge in [-0.05, 0) is 31.2 Å². The van der Waals surface area contributed by atoms with Crippen LogP contribution in [0.1, 0.15) is 12.0 Å². The van der Waals surface area contributed by atoms with Gasteiger partial charge in [-0.25, -0.2) is 0 Å². The molecule has 2 rings (SSSR count). The van der Waals surface area contributed by atoms with Crippen molar-refractivity contribution in [2.75, 3.05) is 13.1 Å². The Morgan fingerprint density at radius 2 is 2.12 bits per heavy atom. The number of benzene rings is 1. The highest BCUT2D eigenvalue weighted by Crippen LogP contribution is 2.38. The molecule has 6 heteroatoms. The van der Waals surface area contributed by atoms with Crippen LogP contribution in [0.3, 0.4) is 0 Å². The fourth-order valence-corrected chi connectivity index (χ4v) is 1.91. The second kappa shape index (κ2) is 4.74. The van der Waals surface area contributed by atoms with Crippen LogP contribution in [-0.2, 0) is 6.18 Å². The molecule has 0 amide bonds. The molecular weight excluding hydrogens is 255 g/mol. The van der Waals surface area contributed by atoms with Gasteiger partial charge in [0, 0.05) is 11.6 Å². The first-order valence-electron chi connectivity index (χ1n) is 5.21. The number of hydrogen-bond acceptors (Lipinski definition) is 2. The fraction of sp³-hybridized carbons (Fsp3) is 0.455. The van der Waals surface area contributed by atoms with Crippen LogP contribution in [0.15, 0.2) is 18.2 Å². The molecule has 1 aromatic carbocycles. The summed E-state index contributed by atoms with van der Waals surface area (Å²) in [5.41, 5.74) is -0.822. The minimum absolute atomic E-state index is 0.0502. The van der Waals surface area contributed by atoms with E-state index in [9.17, 15) is 13.2 Å². The summed E-state index contributed by atoms with van der Waals surface area (Å²) in [6, 6.07) is 3.55.